The average Bonchev–Trinajstić information content (AvgIpc) is 2.92. The number of nitrogens with zero attached hydrogens (tertiary/aromatic N) is 1. The van der Waals surface area contributed by atoms with Crippen LogP contribution in [0.5, 0.6) is 0 Å². The Balaban J connectivity index is 1.52. The maximum absolute atomic E-state index is 5.90. The van der Waals surface area contributed by atoms with Gasteiger partial charge in [0.25, 0.3) is 0 Å². The van der Waals surface area contributed by atoms with Crippen molar-refractivity contribution in [2.75, 3.05) is 26.2 Å². The second kappa shape index (κ2) is 6.70. The summed E-state index contributed by atoms with van der Waals surface area (Å²) < 4.78 is 5.90. The molecule has 1 heterocycles. The number of nitrogens with two attached hydrogens (primary N) is 1. The average molecular weight is 274 g/mol. The molecule has 0 amide bonds. The number of rotatable bonds is 5. The van der Waals surface area contributed by atoms with Crippen LogP contribution >= 0.6 is 0 Å². The van der Waals surface area contributed by atoms with Gasteiger partial charge in [-0.1, -0.05) is 24.3 Å². The van der Waals surface area contributed by atoms with Gasteiger partial charge in [0, 0.05) is 25.7 Å². The normalized spacial score (nSPS) is 23.9. The van der Waals surface area contributed by atoms with E-state index in [1.165, 1.54) is 38.8 Å². The van der Waals surface area contributed by atoms with Crippen LogP contribution in [0.4, 0.5) is 0 Å². The lowest BCUT2D eigenvalue weighted by molar-refractivity contribution is -0.00236. The highest BCUT2D eigenvalue weighted by atomic mass is 16.5. The molecule has 2 aliphatic rings. The highest BCUT2D eigenvalue weighted by Gasteiger charge is 2.30. The number of piperidine rings is 1. The third kappa shape index (κ3) is 3.05. The molecule has 0 saturated carbocycles. The maximum atomic E-state index is 5.90. The van der Waals surface area contributed by atoms with E-state index < -0.39 is 0 Å². The zero-order valence-corrected chi connectivity index (χ0v) is 12.3. The Hall–Kier alpha value is -0.900. The molecule has 3 nitrogen and oxygen atoms in total. The topological polar surface area (TPSA) is 38.5 Å². The lowest BCUT2D eigenvalue weighted by atomic mass is 10.0. The van der Waals surface area contributed by atoms with Gasteiger partial charge in [-0.15, -0.1) is 0 Å². The predicted octanol–water partition coefficient (Wildman–Crippen LogP) is 2.50. The van der Waals surface area contributed by atoms with Gasteiger partial charge in [0.2, 0.25) is 0 Å². The molecule has 1 aliphatic carbocycles. The van der Waals surface area contributed by atoms with E-state index in [4.69, 9.17) is 10.5 Å². The third-order valence-electron chi connectivity index (χ3n) is 4.72. The molecule has 1 aliphatic heterocycles. The molecule has 1 unspecified atom stereocenters. The third-order valence-corrected chi connectivity index (χ3v) is 4.72. The molecule has 0 radical (unpaired) electrons. The smallest absolute Gasteiger partial charge is 0.0599 e. The number of aryl methyl sites for hydroxylation is 1. The summed E-state index contributed by atoms with van der Waals surface area (Å²) in [5.41, 5.74) is 8.63. The first-order chi connectivity index (χ1) is 9.88. The van der Waals surface area contributed by atoms with Crippen LogP contribution in [0, 0.1) is 0 Å². The SMILES string of the molecule is NCCCOC1CCN(C2CCc3ccccc32)CC1. The second-order valence-electron chi connectivity index (χ2n) is 6.00. The summed E-state index contributed by atoms with van der Waals surface area (Å²) in [6.45, 7) is 3.91. The summed E-state index contributed by atoms with van der Waals surface area (Å²) in [5, 5.41) is 0. The van der Waals surface area contributed by atoms with Gasteiger partial charge in [-0.2, -0.15) is 0 Å². The van der Waals surface area contributed by atoms with Crippen LogP contribution < -0.4 is 5.73 Å². The number of likely N-dealkylation sites (tertiary alicyclic amines) is 1. The van der Waals surface area contributed by atoms with Gasteiger partial charge in [-0.05, 0) is 49.8 Å². The standard InChI is InChI=1S/C17H26N2O/c18-10-3-13-20-15-8-11-19(12-9-15)17-7-6-14-4-1-2-5-16(14)17/h1-2,4-5,15,17H,3,6-13,18H2. The fourth-order valence-corrected chi connectivity index (χ4v) is 3.60. The molecule has 1 aromatic rings. The van der Waals surface area contributed by atoms with E-state index in [0.717, 1.165) is 19.6 Å². The van der Waals surface area contributed by atoms with Crippen molar-refractivity contribution in [1.82, 2.24) is 4.90 Å². The van der Waals surface area contributed by atoms with Crippen molar-refractivity contribution < 1.29 is 4.74 Å². The lowest BCUT2D eigenvalue weighted by Crippen LogP contribution is -2.39. The fraction of sp³-hybridized carbons (Fsp3) is 0.647. The van der Waals surface area contributed by atoms with Crippen LogP contribution in [-0.2, 0) is 11.2 Å². The summed E-state index contributed by atoms with van der Waals surface area (Å²) >= 11 is 0. The summed E-state index contributed by atoms with van der Waals surface area (Å²) in [5.74, 6) is 0. The highest BCUT2D eigenvalue weighted by Crippen LogP contribution is 2.37. The molecule has 1 atom stereocenters. The number of benzene rings is 1. The minimum Gasteiger partial charge on any atom is -0.378 e. The molecule has 1 saturated heterocycles. The molecule has 1 aromatic carbocycles. The van der Waals surface area contributed by atoms with Crippen LogP contribution in [0.3, 0.4) is 0 Å². The first-order valence-corrected chi connectivity index (χ1v) is 8.02. The Morgan fingerprint density at radius 1 is 1.15 bits per heavy atom. The summed E-state index contributed by atoms with van der Waals surface area (Å²) in [7, 11) is 0. The maximum Gasteiger partial charge on any atom is 0.0599 e. The van der Waals surface area contributed by atoms with Crippen molar-refractivity contribution in [3.05, 3.63) is 35.4 Å². The predicted molar refractivity (Wildman–Crippen MR) is 81.7 cm³/mol. The largest absolute Gasteiger partial charge is 0.378 e. The Labute approximate surface area is 122 Å². The van der Waals surface area contributed by atoms with E-state index in [9.17, 15) is 0 Å². The molecule has 3 heteroatoms. The van der Waals surface area contributed by atoms with Crippen molar-refractivity contribution in [2.45, 2.75) is 44.2 Å². The van der Waals surface area contributed by atoms with Crippen molar-refractivity contribution in [3.8, 4) is 0 Å². The lowest BCUT2D eigenvalue weighted by Gasteiger charge is -2.36. The zero-order valence-electron chi connectivity index (χ0n) is 12.3. The van der Waals surface area contributed by atoms with Gasteiger partial charge in [-0.25, -0.2) is 0 Å². The molecule has 0 aromatic heterocycles. The second-order valence-corrected chi connectivity index (χ2v) is 6.00. The van der Waals surface area contributed by atoms with Crippen molar-refractivity contribution >= 4 is 0 Å². The van der Waals surface area contributed by atoms with E-state index in [2.05, 4.69) is 29.2 Å². The Morgan fingerprint density at radius 3 is 2.75 bits per heavy atom. The van der Waals surface area contributed by atoms with Crippen LogP contribution in [0.25, 0.3) is 0 Å². The van der Waals surface area contributed by atoms with Gasteiger partial charge < -0.3 is 10.5 Å². The van der Waals surface area contributed by atoms with E-state index >= 15 is 0 Å². The van der Waals surface area contributed by atoms with E-state index in [1.807, 2.05) is 0 Å². The molecule has 1 fully saturated rings. The molecule has 0 spiro atoms. The van der Waals surface area contributed by atoms with Crippen LogP contribution in [0.1, 0.15) is 42.9 Å². The highest BCUT2D eigenvalue weighted by molar-refractivity contribution is 5.34. The fourth-order valence-electron chi connectivity index (χ4n) is 3.60. The van der Waals surface area contributed by atoms with Gasteiger partial charge >= 0.3 is 0 Å². The van der Waals surface area contributed by atoms with E-state index in [-0.39, 0.29) is 0 Å². The summed E-state index contributed by atoms with van der Waals surface area (Å²) in [6.07, 6.45) is 6.31. The molecule has 110 valence electrons. The van der Waals surface area contributed by atoms with Crippen molar-refractivity contribution in [2.24, 2.45) is 5.73 Å². The minimum atomic E-state index is 0.453. The molecular formula is C17H26N2O. The first-order valence-electron chi connectivity index (χ1n) is 8.02. The number of fused-ring (bicyclic) bond motifs is 1. The number of hydrogen-bond acceptors (Lipinski definition) is 3. The summed E-state index contributed by atoms with van der Waals surface area (Å²) in [6, 6.07) is 9.60. The van der Waals surface area contributed by atoms with Crippen molar-refractivity contribution in [3.63, 3.8) is 0 Å². The Kier molecular flexibility index (Phi) is 4.71. The Morgan fingerprint density at radius 2 is 1.95 bits per heavy atom. The van der Waals surface area contributed by atoms with Crippen LogP contribution in [-0.4, -0.2) is 37.2 Å². The van der Waals surface area contributed by atoms with E-state index in [1.54, 1.807) is 11.1 Å². The number of ether oxygens (including phenoxy) is 1. The van der Waals surface area contributed by atoms with Gasteiger partial charge in [-0.3, -0.25) is 4.90 Å². The van der Waals surface area contributed by atoms with Gasteiger partial charge in [0.1, 0.15) is 0 Å². The molecule has 2 N–H and O–H groups in total. The monoisotopic (exact) mass is 274 g/mol. The van der Waals surface area contributed by atoms with Crippen LogP contribution in [0.2, 0.25) is 0 Å². The first kappa shape index (κ1) is 14.1. The molecular weight excluding hydrogens is 248 g/mol. The molecule has 20 heavy (non-hydrogen) atoms. The quantitative estimate of drug-likeness (QED) is 0.838. The number of hydrogen-bond donors (Lipinski definition) is 1. The minimum absolute atomic E-state index is 0.453. The molecule has 3 rings (SSSR count). The van der Waals surface area contributed by atoms with Gasteiger partial charge in [0.05, 0.1) is 6.10 Å². The summed E-state index contributed by atoms with van der Waals surface area (Å²) in [4.78, 5) is 2.66. The zero-order chi connectivity index (χ0) is 13.8. The Bertz CT molecular complexity index is 427. The van der Waals surface area contributed by atoms with Crippen LogP contribution in [0.15, 0.2) is 24.3 Å². The van der Waals surface area contributed by atoms with Crippen molar-refractivity contribution in [1.29, 1.82) is 0 Å². The van der Waals surface area contributed by atoms with E-state index in [0.29, 0.717) is 12.1 Å². The van der Waals surface area contributed by atoms with Gasteiger partial charge in [0.15, 0.2) is 0 Å². The molecule has 0 bridgehead atoms.